The van der Waals surface area contributed by atoms with Gasteiger partial charge in [-0.2, -0.15) is 11.3 Å². The number of benzene rings is 1. The highest BCUT2D eigenvalue weighted by Gasteiger charge is 2.06. The van der Waals surface area contributed by atoms with Crippen LogP contribution in [0, 0.1) is 6.92 Å². The SMILES string of the molecule is Cc1ccccc1CCC(N)Cc1ccsc1. The lowest BCUT2D eigenvalue weighted by atomic mass is 9.99. The topological polar surface area (TPSA) is 26.0 Å². The second-order valence-electron chi connectivity index (χ2n) is 4.56. The maximum absolute atomic E-state index is 6.17. The summed E-state index contributed by atoms with van der Waals surface area (Å²) in [6.07, 6.45) is 3.13. The Morgan fingerprint density at radius 3 is 2.76 bits per heavy atom. The molecule has 2 N–H and O–H groups in total. The van der Waals surface area contributed by atoms with Crippen LogP contribution in [0.25, 0.3) is 0 Å². The van der Waals surface area contributed by atoms with E-state index < -0.39 is 0 Å². The van der Waals surface area contributed by atoms with Crippen molar-refractivity contribution in [2.24, 2.45) is 5.73 Å². The minimum absolute atomic E-state index is 0.268. The summed E-state index contributed by atoms with van der Waals surface area (Å²) in [5.74, 6) is 0. The molecule has 0 amide bonds. The summed E-state index contributed by atoms with van der Waals surface area (Å²) in [5.41, 5.74) is 10.3. The molecule has 1 aromatic heterocycles. The fraction of sp³-hybridized carbons (Fsp3) is 0.333. The molecule has 2 aromatic rings. The monoisotopic (exact) mass is 245 g/mol. The Labute approximate surface area is 107 Å². The lowest BCUT2D eigenvalue weighted by Gasteiger charge is -2.11. The van der Waals surface area contributed by atoms with Crippen molar-refractivity contribution in [3.8, 4) is 0 Å². The predicted octanol–water partition coefficient (Wildman–Crippen LogP) is 3.56. The fourth-order valence-corrected chi connectivity index (χ4v) is 2.73. The molecule has 0 bridgehead atoms. The molecule has 2 rings (SSSR count). The van der Waals surface area contributed by atoms with Crippen molar-refractivity contribution in [2.45, 2.75) is 32.2 Å². The molecule has 0 spiro atoms. The maximum Gasteiger partial charge on any atom is 0.00827 e. The van der Waals surface area contributed by atoms with Crippen molar-refractivity contribution in [3.05, 3.63) is 57.8 Å². The Hall–Kier alpha value is -1.12. The van der Waals surface area contributed by atoms with Crippen molar-refractivity contribution < 1.29 is 0 Å². The van der Waals surface area contributed by atoms with E-state index in [4.69, 9.17) is 5.73 Å². The number of nitrogens with two attached hydrogens (primary N) is 1. The lowest BCUT2D eigenvalue weighted by Crippen LogP contribution is -2.23. The average molecular weight is 245 g/mol. The number of aryl methyl sites for hydroxylation is 2. The molecule has 0 aliphatic rings. The molecule has 90 valence electrons. The Kier molecular flexibility index (Phi) is 4.35. The quantitative estimate of drug-likeness (QED) is 0.856. The van der Waals surface area contributed by atoms with E-state index in [9.17, 15) is 0 Å². The van der Waals surface area contributed by atoms with E-state index in [0.29, 0.717) is 0 Å². The number of thiophene rings is 1. The van der Waals surface area contributed by atoms with E-state index in [1.165, 1.54) is 16.7 Å². The Bertz CT molecular complexity index is 448. The van der Waals surface area contributed by atoms with Crippen LogP contribution in [-0.2, 0) is 12.8 Å². The summed E-state index contributed by atoms with van der Waals surface area (Å²) in [7, 11) is 0. The molecule has 2 heteroatoms. The highest BCUT2D eigenvalue weighted by molar-refractivity contribution is 7.07. The molecule has 0 aliphatic carbocycles. The summed E-state index contributed by atoms with van der Waals surface area (Å²) < 4.78 is 0. The van der Waals surface area contributed by atoms with E-state index >= 15 is 0 Å². The average Bonchev–Trinajstić information content (AvgIpc) is 2.81. The first-order valence-corrected chi connectivity index (χ1v) is 7.01. The molecule has 0 aliphatic heterocycles. The van der Waals surface area contributed by atoms with Gasteiger partial charge >= 0.3 is 0 Å². The van der Waals surface area contributed by atoms with Gasteiger partial charge in [-0.05, 0) is 59.7 Å². The van der Waals surface area contributed by atoms with Gasteiger partial charge in [-0.15, -0.1) is 0 Å². The Morgan fingerprint density at radius 1 is 1.24 bits per heavy atom. The Balaban J connectivity index is 1.84. The summed E-state index contributed by atoms with van der Waals surface area (Å²) in [6, 6.07) is 11.0. The summed E-state index contributed by atoms with van der Waals surface area (Å²) in [6.45, 7) is 2.17. The van der Waals surface area contributed by atoms with Crippen LogP contribution < -0.4 is 5.73 Å². The minimum Gasteiger partial charge on any atom is -0.327 e. The van der Waals surface area contributed by atoms with Crippen molar-refractivity contribution in [1.29, 1.82) is 0 Å². The fourth-order valence-electron chi connectivity index (χ4n) is 2.05. The van der Waals surface area contributed by atoms with Gasteiger partial charge in [0.15, 0.2) is 0 Å². The number of rotatable bonds is 5. The van der Waals surface area contributed by atoms with Crippen LogP contribution in [0.3, 0.4) is 0 Å². The molecule has 0 saturated heterocycles. The standard InChI is InChI=1S/C15H19NS/c1-12-4-2-3-5-14(12)6-7-15(16)10-13-8-9-17-11-13/h2-5,8-9,11,15H,6-7,10,16H2,1H3. The van der Waals surface area contributed by atoms with Gasteiger partial charge in [0.05, 0.1) is 0 Å². The third kappa shape index (κ3) is 3.69. The zero-order chi connectivity index (χ0) is 12.1. The lowest BCUT2D eigenvalue weighted by molar-refractivity contribution is 0.610. The van der Waals surface area contributed by atoms with Gasteiger partial charge in [-0.25, -0.2) is 0 Å². The second-order valence-corrected chi connectivity index (χ2v) is 5.34. The summed E-state index contributed by atoms with van der Waals surface area (Å²) >= 11 is 1.74. The molecule has 1 aromatic carbocycles. The van der Waals surface area contributed by atoms with Crippen LogP contribution in [-0.4, -0.2) is 6.04 Å². The molecular weight excluding hydrogens is 226 g/mol. The molecule has 17 heavy (non-hydrogen) atoms. The normalized spacial score (nSPS) is 12.6. The first-order valence-electron chi connectivity index (χ1n) is 6.07. The molecule has 1 heterocycles. The molecule has 0 radical (unpaired) electrons. The highest BCUT2D eigenvalue weighted by atomic mass is 32.1. The maximum atomic E-state index is 6.17. The molecule has 0 fully saturated rings. The third-order valence-corrected chi connectivity index (χ3v) is 3.86. The summed E-state index contributed by atoms with van der Waals surface area (Å²) in [5, 5.41) is 4.30. The van der Waals surface area contributed by atoms with Gasteiger partial charge in [-0.1, -0.05) is 24.3 Å². The molecule has 1 nitrogen and oxygen atoms in total. The van der Waals surface area contributed by atoms with Crippen LogP contribution in [0.4, 0.5) is 0 Å². The first kappa shape index (κ1) is 12.3. The van der Waals surface area contributed by atoms with Crippen molar-refractivity contribution in [2.75, 3.05) is 0 Å². The molecule has 1 unspecified atom stereocenters. The van der Waals surface area contributed by atoms with Crippen LogP contribution in [0.1, 0.15) is 23.1 Å². The van der Waals surface area contributed by atoms with Crippen molar-refractivity contribution in [1.82, 2.24) is 0 Å². The van der Waals surface area contributed by atoms with Crippen LogP contribution in [0.15, 0.2) is 41.1 Å². The van der Waals surface area contributed by atoms with E-state index in [2.05, 4.69) is 48.0 Å². The van der Waals surface area contributed by atoms with E-state index in [0.717, 1.165) is 19.3 Å². The molecular formula is C15H19NS. The predicted molar refractivity (Wildman–Crippen MR) is 75.5 cm³/mol. The van der Waals surface area contributed by atoms with Crippen molar-refractivity contribution in [3.63, 3.8) is 0 Å². The van der Waals surface area contributed by atoms with Crippen molar-refractivity contribution >= 4 is 11.3 Å². The van der Waals surface area contributed by atoms with E-state index in [-0.39, 0.29) is 6.04 Å². The number of hydrogen-bond acceptors (Lipinski definition) is 2. The second kappa shape index (κ2) is 5.99. The minimum atomic E-state index is 0.268. The van der Waals surface area contributed by atoms with Crippen LogP contribution in [0.5, 0.6) is 0 Å². The third-order valence-electron chi connectivity index (χ3n) is 3.12. The van der Waals surface area contributed by atoms with Gasteiger partial charge in [0.2, 0.25) is 0 Å². The van der Waals surface area contributed by atoms with Crippen LogP contribution >= 0.6 is 11.3 Å². The van der Waals surface area contributed by atoms with Crippen LogP contribution in [0.2, 0.25) is 0 Å². The largest absolute Gasteiger partial charge is 0.327 e. The smallest absolute Gasteiger partial charge is 0.00827 e. The zero-order valence-corrected chi connectivity index (χ0v) is 11.0. The summed E-state index contributed by atoms with van der Waals surface area (Å²) in [4.78, 5) is 0. The highest BCUT2D eigenvalue weighted by Crippen LogP contribution is 2.13. The van der Waals surface area contributed by atoms with Gasteiger partial charge < -0.3 is 5.73 Å². The molecule has 0 saturated carbocycles. The van der Waals surface area contributed by atoms with E-state index in [1.807, 2.05) is 0 Å². The Morgan fingerprint density at radius 2 is 2.06 bits per heavy atom. The number of hydrogen-bond donors (Lipinski definition) is 1. The molecule has 1 atom stereocenters. The first-order chi connectivity index (χ1) is 8.25. The van der Waals surface area contributed by atoms with E-state index in [1.54, 1.807) is 11.3 Å². The van der Waals surface area contributed by atoms with Gasteiger partial charge in [0.1, 0.15) is 0 Å². The van der Waals surface area contributed by atoms with Gasteiger partial charge in [0, 0.05) is 6.04 Å². The van der Waals surface area contributed by atoms with Gasteiger partial charge in [0.25, 0.3) is 0 Å². The zero-order valence-electron chi connectivity index (χ0n) is 10.2. The van der Waals surface area contributed by atoms with Gasteiger partial charge in [-0.3, -0.25) is 0 Å².